The Morgan fingerprint density at radius 2 is 1.68 bits per heavy atom. The molecule has 0 aliphatic heterocycles. The smallest absolute Gasteiger partial charge is 0.319 e. The molecule has 0 saturated heterocycles. The van der Waals surface area contributed by atoms with Gasteiger partial charge in [0.2, 0.25) is 5.91 Å². The summed E-state index contributed by atoms with van der Waals surface area (Å²) in [5.74, 6) is -11.3. The van der Waals surface area contributed by atoms with Gasteiger partial charge in [-0.25, -0.2) is 17.6 Å². The lowest BCUT2D eigenvalue weighted by Gasteiger charge is -2.14. The van der Waals surface area contributed by atoms with Crippen molar-refractivity contribution in [3.05, 3.63) is 45.7 Å². The highest BCUT2D eigenvalue weighted by molar-refractivity contribution is 6.31. The van der Waals surface area contributed by atoms with Gasteiger partial charge in [0.25, 0.3) is 0 Å². The normalized spacial score (nSPS) is 11.7. The zero-order valence-electron chi connectivity index (χ0n) is 12.1. The largest absolute Gasteiger partial charge is 0.422 e. The van der Waals surface area contributed by atoms with Crippen molar-refractivity contribution < 1.29 is 35.5 Å². The fourth-order valence-corrected chi connectivity index (χ4v) is 2.03. The number of benzene rings is 1. The van der Waals surface area contributed by atoms with Crippen LogP contribution < -0.4 is 5.32 Å². The quantitative estimate of drug-likeness (QED) is 0.636. The third-order valence-corrected chi connectivity index (χ3v) is 3.52. The van der Waals surface area contributed by atoms with Crippen LogP contribution in [0.4, 0.5) is 36.4 Å². The minimum Gasteiger partial charge on any atom is -0.319 e. The summed E-state index contributed by atoms with van der Waals surface area (Å²) in [4.78, 5) is 11.7. The van der Waals surface area contributed by atoms with E-state index < -0.39 is 53.1 Å². The highest BCUT2D eigenvalue weighted by Gasteiger charge is 2.42. The summed E-state index contributed by atoms with van der Waals surface area (Å²) < 4.78 is 92.7. The first-order valence-corrected chi connectivity index (χ1v) is 6.73. The second-order valence-corrected chi connectivity index (χ2v) is 5.19. The van der Waals surface area contributed by atoms with E-state index in [1.165, 1.54) is 18.4 Å². The maximum atomic E-state index is 13.7. The van der Waals surface area contributed by atoms with Crippen LogP contribution in [-0.2, 0) is 17.5 Å². The van der Waals surface area contributed by atoms with Gasteiger partial charge in [0, 0.05) is 0 Å². The summed E-state index contributed by atoms with van der Waals surface area (Å²) >= 11 is 5.68. The Balaban J connectivity index is 2.37. The topological polar surface area (TPSA) is 46.9 Å². The third kappa shape index (κ3) is 3.55. The molecule has 1 aromatic heterocycles. The number of aromatic nitrogens is 2. The van der Waals surface area contributed by atoms with E-state index in [1.54, 1.807) is 0 Å². The van der Waals surface area contributed by atoms with Crippen molar-refractivity contribution in [3.63, 3.8) is 0 Å². The van der Waals surface area contributed by atoms with Crippen molar-refractivity contribution in [1.82, 2.24) is 9.78 Å². The van der Waals surface area contributed by atoms with Crippen LogP contribution >= 0.6 is 11.6 Å². The number of hydrogen-bond donors (Lipinski definition) is 1. The molecule has 0 bridgehead atoms. The van der Waals surface area contributed by atoms with Gasteiger partial charge in [0.1, 0.15) is 17.8 Å². The molecule has 0 saturated carbocycles. The Morgan fingerprint density at radius 3 is 2.08 bits per heavy atom. The van der Waals surface area contributed by atoms with Crippen molar-refractivity contribution >= 4 is 23.2 Å². The molecular weight excluding hydrogens is 383 g/mol. The molecule has 12 heteroatoms. The number of rotatable bonds is 3. The number of amides is 1. The first-order chi connectivity index (χ1) is 11.4. The summed E-state index contributed by atoms with van der Waals surface area (Å²) in [5.41, 5.74) is -4.10. The molecule has 0 fully saturated rings. The number of alkyl halides is 3. The molecule has 1 heterocycles. The Kier molecular flexibility index (Phi) is 4.98. The molecule has 0 aliphatic rings. The third-order valence-electron chi connectivity index (χ3n) is 3.15. The van der Waals surface area contributed by atoms with Crippen molar-refractivity contribution in [2.24, 2.45) is 0 Å². The number of hydrogen-bond acceptors (Lipinski definition) is 2. The number of nitrogens with zero attached hydrogens (tertiary/aromatic N) is 2. The van der Waals surface area contributed by atoms with E-state index in [2.05, 4.69) is 5.10 Å². The molecule has 4 nitrogen and oxygen atoms in total. The number of anilines is 1. The maximum Gasteiger partial charge on any atom is 0.422 e. The fourth-order valence-electron chi connectivity index (χ4n) is 1.89. The van der Waals surface area contributed by atoms with Gasteiger partial charge < -0.3 is 5.32 Å². The molecule has 1 amide bonds. The highest BCUT2D eigenvalue weighted by Crippen LogP contribution is 2.38. The molecule has 0 atom stereocenters. The van der Waals surface area contributed by atoms with Gasteiger partial charge in [-0.3, -0.25) is 9.48 Å². The molecule has 1 N–H and O–H groups in total. The number of halogens is 8. The molecule has 2 rings (SSSR count). The van der Waals surface area contributed by atoms with E-state index in [0.29, 0.717) is 5.69 Å². The van der Waals surface area contributed by atoms with Gasteiger partial charge in [-0.05, 0) is 6.92 Å². The lowest BCUT2D eigenvalue weighted by Crippen LogP contribution is -2.24. The summed E-state index contributed by atoms with van der Waals surface area (Å²) in [6.07, 6.45) is -4.50. The van der Waals surface area contributed by atoms with Crippen LogP contribution in [-0.4, -0.2) is 15.7 Å². The molecule has 0 aliphatic carbocycles. The molecule has 0 unspecified atom stereocenters. The monoisotopic (exact) mass is 389 g/mol. The second-order valence-electron chi connectivity index (χ2n) is 4.79. The summed E-state index contributed by atoms with van der Waals surface area (Å²) in [7, 11) is 0. The molecule has 0 spiro atoms. The van der Waals surface area contributed by atoms with Gasteiger partial charge in [0.15, 0.2) is 23.3 Å². The van der Waals surface area contributed by atoms with Crippen molar-refractivity contribution in [2.75, 3.05) is 5.32 Å². The summed E-state index contributed by atoms with van der Waals surface area (Å²) in [6, 6.07) is 0. The lowest BCUT2D eigenvalue weighted by molar-refractivity contribution is -0.143. The molecule has 1 aromatic carbocycles. The van der Waals surface area contributed by atoms with Gasteiger partial charge >= 0.3 is 6.18 Å². The Labute approximate surface area is 140 Å². The SMILES string of the molecule is Cc1c(Cl)cnn1CC(=O)Nc1c(F)c(F)c(C(F)(F)F)c(F)c1F. The van der Waals surface area contributed by atoms with Crippen LogP contribution in [0.2, 0.25) is 5.02 Å². The zero-order valence-corrected chi connectivity index (χ0v) is 12.9. The highest BCUT2D eigenvalue weighted by atomic mass is 35.5. The van der Waals surface area contributed by atoms with Crippen LogP contribution in [0.15, 0.2) is 6.20 Å². The van der Waals surface area contributed by atoms with Gasteiger partial charge in [-0.2, -0.15) is 18.3 Å². The maximum absolute atomic E-state index is 13.7. The first kappa shape index (κ1) is 19.0. The number of carbonyl (C=O) groups excluding carboxylic acids is 1. The van der Waals surface area contributed by atoms with E-state index in [4.69, 9.17) is 11.6 Å². The van der Waals surface area contributed by atoms with E-state index in [-0.39, 0.29) is 5.02 Å². The Bertz CT molecular complexity index is 818. The lowest BCUT2D eigenvalue weighted by atomic mass is 10.1. The number of carbonyl (C=O) groups is 1. The van der Waals surface area contributed by atoms with Gasteiger partial charge in [0.05, 0.1) is 16.9 Å². The van der Waals surface area contributed by atoms with Gasteiger partial charge in [-0.1, -0.05) is 11.6 Å². The fraction of sp³-hybridized carbons (Fsp3) is 0.231. The van der Waals surface area contributed by atoms with Crippen LogP contribution in [0.3, 0.4) is 0 Å². The zero-order chi connectivity index (χ0) is 19.1. The Morgan fingerprint density at radius 1 is 1.16 bits per heavy atom. The first-order valence-electron chi connectivity index (χ1n) is 6.36. The summed E-state index contributed by atoms with van der Waals surface area (Å²) in [6.45, 7) is 0.808. The number of nitrogens with one attached hydrogen (secondary N) is 1. The summed E-state index contributed by atoms with van der Waals surface area (Å²) in [5, 5.41) is 5.32. The van der Waals surface area contributed by atoms with E-state index >= 15 is 0 Å². The second kappa shape index (κ2) is 6.54. The minimum absolute atomic E-state index is 0.178. The minimum atomic E-state index is -5.67. The van der Waals surface area contributed by atoms with E-state index in [9.17, 15) is 35.5 Å². The molecule has 2 aromatic rings. The average Bonchev–Trinajstić information content (AvgIpc) is 2.80. The van der Waals surface area contributed by atoms with Gasteiger partial charge in [-0.15, -0.1) is 0 Å². The Hall–Kier alpha value is -2.30. The van der Waals surface area contributed by atoms with Crippen molar-refractivity contribution in [1.29, 1.82) is 0 Å². The molecule has 136 valence electrons. The standard InChI is InChI=1S/C13H7ClF7N3O/c1-4-5(14)2-22-24(4)3-6(25)23-12-10(17)8(15)7(13(19,20)21)9(16)11(12)18/h2H,3H2,1H3,(H,23,25). The van der Waals surface area contributed by atoms with Crippen molar-refractivity contribution in [2.45, 2.75) is 19.6 Å². The predicted molar refractivity (Wildman–Crippen MR) is 71.9 cm³/mol. The van der Waals surface area contributed by atoms with Crippen LogP contribution in [0.1, 0.15) is 11.3 Å². The predicted octanol–water partition coefficient (Wildman–Crippen LogP) is 4.06. The average molecular weight is 390 g/mol. The van der Waals surface area contributed by atoms with Crippen molar-refractivity contribution in [3.8, 4) is 0 Å². The van der Waals surface area contributed by atoms with E-state index in [0.717, 1.165) is 4.68 Å². The van der Waals surface area contributed by atoms with Crippen LogP contribution in [0.5, 0.6) is 0 Å². The molecule has 25 heavy (non-hydrogen) atoms. The van der Waals surface area contributed by atoms with Crippen LogP contribution in [0.25, 0.3) is 0 Å². The molecular formula is C13H7ClF7N3O. The van der Waals surface area contributed by atoms with E-state index in [1.807, 2.05) is 0 Å². The van der Waals surface area contributed by atoms with Crippen LogP contribution in [0, 0.1) is 30.2 Å². The molecule has 0 radical (unpaired) electrons.